The molecule has 0 aliphatic heterocycles. The minimum Gasteiger partial charge on any atom is -0.497 e. The number of allylic oxidation sites excluding steroid dienone is 1. The lowest BCUT2D eigenvalue weighted by molar-refractivity contribution is -0.121. The Morgan fingerprint density at radius 2 is 1.89 bits per heavy atom. The molecule has 0 saturated heterocycles. The fourth-order valence-electron chi connectivity index (χ4n) is 3.41. The van der Waals surface area contributed by atoms with Gasteiger partial charge in [-0.3, -0.25) is 9.59 Å². The maximum atomic E-state index is 12.6. The molecule has 0 fully saturated rings. The standard InChI is InChI=1S/C25H28ClN5O4S/c1-5-12-31-24(16(2)27-22(32)13-17-6-9-19(34-3)10-7-17)29-30-25(31)36-15-23(33)28-20-14-18(26)8-11-21(20)35-4/h5-11,14,16H,1,12-13,15H2,2-4H3,(H,27,32)(H,28,33)/t16-/m0/s1. The molecule has 190 valence electrons. The molecule has 3 rings (SSSR count). The number of hydrogen-bond acceptors (Lipinski definition) is 7. The Bertz CT molecular complexity index is 1220. The van der Waals surface area contributed by atoms with E-state index in [4.69, 9.17) is 21.1 Å². The average Bonchev–Trinajstić information content (AvgIpc) is 3.26. The van der Waals surface area contributed by atoms with Gasteiger partial charge >= 0.3 is 0 Å². The van der Waals surface area contributed by atoms with Crippen molar-refractivity contribution in [2.75, 3.05) is 25.3 Å². The molecule has 1 heterocycles. The van der Waals surface area contributed by atoms with Gasteiger partial charge in [-0.15, -0.1) is 16.8 Å². The highest BCUT2D eigenvalue weighted by Crippen LogP contribution is 2.28. The number of nitrogens with one attached hydrogen (secondary N) is 2. The first-order valence-corrected chi connectivity index (χ1v) is 12.4. The monoisotopic (exact) mass is 529 g/mol. The van der Waals surface area contributed by atoms with Gasteiger partial charge in [-0.25, -0.2) is 0 Å². The van der Waals surface area contributed by atoms with Gasteiger partial charge in [0.05, 0.1) is 38.1 Å². The zero-order valence-corrected chi connectivity index (χ0v) is 21.9. The summed E-state index contributed by atoms with van der Waals surface area (Å²) in [5, 5.41) is 15.3. The van der Waals surface area contributed by atoms with E-state index < -0.39 is 6.04 Å². The molecule has 9 nitrogen and oxygen atoms in total. The van der Waals surface area contributed by atoms with Gasteiger partial charge in [0.15, 0.2) is 11.0 Å². The molecule has 2 aromatic carbocycles. The number of amides is 2. The number of rotatable bonds is 12. The molecule has 2 N–H and O–H groups in total. The molecule has 0 unspecified atom stereocenters. The number of halogens is 1. The summed E-state index contributed by atoms with van der Waals surface area (Å²) in [7, 11) is 3.11. The zero-order chi connectivity index (χ0) is 26.1. The van der Waals surface area contributed by atoms with Crippen LogP contribution in [-0.4, -0.2) is 46.6 Å². The summed E-state index contributed by atoms with van der Waals surface area (Å²) in [6, 6.07) is 11.9. The number of aromatic nitrogens is 3. The number of methoxy groups -OCH3 is 2. The van der Waals surface area contributed by atoms with Gasteiger partial charge in [-0.05, 0) is 42.8 Å². The Hall–Kier alpha value is -3.50. The van der Waals surface area contributed by atoms with Crippen LogP contribution in [0.25, 0.3) is 0 Å². The van der Waals surface area contributed by atoms with Crippen molar-refractivity contribution in [3.8, 4) is 11.5 Å². The molecule has 36 heavy (non-hydrogen) atoms. The van der Waals surface area contributed by atoms with Gasteiger partial charge < -0.3 is 24.7 Å². The second-order valence-corrected chi connectivity index (χ2v) is 9.11. The second-order valence-electron chi connectivity index (χ2n) is 7.74. The predicted octanol–water partition coefficient (Wildman–Crippen LogP) is 4.29. The fraction of sp³-hybridized carbons (Fsp3) is 0.280. The molecule has 0 aliphatic rings. The van der Waals surface area contributed by atoms with E-state index in [1.807, 2.05) is 35.8 Å². The van der Waals surface area contributed by atoms with E-state index in [0.717, 1.165) is 11.3 Å². The van der Waals surface area contributed by atoms with E-state index in [-0.39, 0.29) is 24.0 Å². The Morgan fingerprint density at radius 1 is 1.14 bits per heavy atom. The van der Waals surface area contributed by atoms with Crippen LogP contribution in [0.5, 0.6) is 11.5 Å². The zero-order valence-electron chi connectivity index (χ0n) is 20.3. The number of carbonyl (C=O) groups is 2. The lowest BCUT2D eigenvalue weighted by Gasteiger charge is -2.15. The van der Waals surface area contributed by atoms with Crippen molar-refractivity contribution in [1.29, 1.82) is 0 Å². The number of hydrogen-bond donors (Lipinski definition) is 2. The number of ether oxygens (including phenoxy) is 2. The van der Waals surface area contributed by atoms with Crippen LogP contribution in [-0.2, 0) is 22.6 Å². The van der Waals surface area contributed by atoms with E-state index in [0.29, 0.717) is 34.0 Å². The normalized spacial score (nSPS) is 11.4. The van der Waals surface area contributed by atoms with Crippen LogP contribution in [0.4, 0.5) is 5.69 Å². The highest BCUT2D eigenvalue weighted by molar-refractivity contribution is 7.99. The van der Waals surface area contributed by atoms with Crippen LogP contribution >= 0.6 is 23.4 Å². The van der Waals surface area contributed by atoms with Crippen molar-refractivity contribution in [2.45, 2.75) is 31.1 Å². The maximum Gasteiger partial charge on any atom is 0.234 e. The number of anilines is 1. The van der Waals surface area contributed by atoms with Gasteiger partial charge in [-0.2, -0.15) is 0 Å². The SMILES string of the molecule is C=CCn1c(SCC(=O)Nc2cc(Cl)ccc2OC)nnc1[C@H](C)NC(=O)Cc1ccc(OC)cc1. The lowest BCUT2D eigenvalue weighted by Crippen LogP contribution is -2.30. The van der Waals surface area contributed by atoms with Crippen molar-refractivity contribution in [2.24, 2.45) is 0 Å². The first kappa shape index (κ1) is 27.1. The van der Waals surface area contributed by atoms with Gasteiger partial charge in [-0.1, -0.05) is 41.6 Å². The largest absolute Gasteiger partial charge is 0.497 e. The Labute approximate surface area is 219 Å². The molecular weight excluding hydrogens is 502 g/mol. The van der Waals surface area contributed by atoms with Crippen LogP contribution in [0, 0.1) is 0 Å². The van der Waals surface area contributed by atoms with Crippen molar-refractivity contribution in [3.05, 3.63) is 71.5 Å². The van der Waals surface area contributed by atoms with Gasteiger partial charge in [0.25, 0.3) is 0 Å². The average molecular weight is 530 g/mol. The van der Waals surface area contributed by atoms with Crippen LogP contribution in [0.1, 0.15) is 24.4 Å². The summed E-state index contributed by atoms with van der Waals surface area (Å²) < 4.78 is 12.2. The maximum absolute atomic E-state index is 12.6. The summed E-state index contributed by atoms with van der Waals surface area (Å²) in [6.45, 7) is 6.06. The van der Waals surface area contributed by atoms with Crippen molar-refractivity contribution < 1.29 is 19.1 Å². The highest BCUT2D eigenvalue weighted by atomic mass is 35.5. The Kier molecular flexibility index (Phi) is 9.77. The van der Waals surface area contributed by atoms with E-state index in [1.54, 1.807) is 31.4 Å². The minimum absolute atomic E-state index is 0.0865. The molecule has 0 saturated carbocycles. The quantitative estimate of drug-likeness (QED) is 0.266. The van der Waals surface area contributed by atoms with E-state index >= 15 is 0 Å². The van der Waals surface area contributed by atoms with Crippen molar-refractivity contribution in [1.82, 2.24) is 20.1 Å². The molecule has 2 amide bonds. The number of nitrogens with zero attached hydrogens (tertiary/aromatic N) is 3. The second kappa shape index (κ2) is 13.0. The third-order valence-corrected chi connectivity index (χ3v) is 6.32. The van der Waals surface area contributed by atoms with Gasteiger partial charge in [0.1, 0.15) is 11.5 Å². The van der Waals surface area contributed by atoms with Crippen molar-refractivity contribution in [3.63, 3.8) is 0 Å². The highest BCUT2D eigenvalue weighted by Gasteiger charge is 2.20. The summed E-state index contributed by atoms with van der Waals surface area (Å²) in [5.74, 6) is 1.49. The van der Waals surface area contributed by atoms with Crippen LogP contribution in [0.3, 0.4) is 0 Å². The Balaban J connectivity index is 1.62. The molecular formula is C25H28ClN5O4S. The molecule has 0 spiro atoms. The molecule has 0 bridgehead atoms. The van der Waals surface area contributed by atoms with E-state index in [2.05, 4.69) is 27.4 Å². The first-order chi connectivity index (χ1) is 17.3. The molecule has 1 aromatic heterocycles. The minimum atomic E-state index is -0.401. The van der Waals surface area contributed by atoms with Crippen LogP contribution in [0.2, 0.25) is 5.02 Å². The van der Waals surface area contributed by atoms with Gasteiger partial charge in [0, 0.05) is 11.6 Å². The topological polar surface area (TPSA) is 107 Å². The number of carbonyl (C=O) groups excluding carboxylic acids is 2. The summed E-state index contributed by atoms with van der Waals surface area (Å²) in [6.07, 6.45) is 1.93. The first-order valence-electron chi connectivity index (χ1n) is 11.1. The molecule has 0 aliphatic carbocycles. The molecule has 3 aromatic rings. The fourth-order valence-corrected chi connectivity index (χ4v) is 4.33. The van der Waals surface area contributed by atoms with E-state index in [9.17, 15) is 9.59 Å². The lowest BCUT2D eigenvalue weighted by atomic mass is 10.1. The molecule has 11 heteroatoms. The van der Waals surface area contributed by atoms with Crippen molar-refractivity contribution >= 4 is 40.9 Å². The predicted molar refractivity (Wildman–Crippen MR) is 141 cm³/mol. The smallest absolute Gasteiger partial charge is 0.234 e. The third kappa shape index (κ3) is 7.25. The van der Waals surface area contributed by atoms with Gasteiger partial charge in [0.2, 0.25) is 11.8 Å². The third-order valence-electron chi connectivity index (χ3n) is 5.11. The van der Waals surface area contributed by atoms with Crippen LogP contribution in [0.15, 0.2) is 60.3 Å². The van der Waals surface area contributed by atoms with Crippen LogP contribution < -0.4 is 20.1 Å². The summed E-state index contributed by atoms with van der Waals surface area (Å²) >= 11 is 7.26. The molecule has 0 radical (unpaired) electrons. The summed E-state index contributed by atoms with van der Waals surface area (Å²) in [5.41, 5.74) is 1.35. The summed E-state index contributed by atoms with van der Waals surface area (Å²) in [4.78, 5) is 25.2. The molecule has 1 atom stereocenters. The Morgan fingerprint density at radius 3 is 2.56 bits per heavy atom. The number of benzene rings is 2. The van der Waals surface area contributed by atoms with E-state index in [1.165, 1.54) is 18.9 Å². The number of thioether (sulfide) groups is 1.